The standard InChI is InChI=1S/C18H16N2O4/c1-22-13-9-7-12(8-10-13)15-11-19-24-18(15)20-17(21)14-5-3-4-6-16(14)23-2/h3-11H,1-2H3,(H,20,21). The van der Waals surface area contributed by atoms with Crippen LogP contribution in [0.3, 0.4) is 0 Å². The average molecular weight is 324 g/mol. The van der Waals surface area contributed by atoms with Gasteiger partial charge in [-0.25, -0.2) is 0 Å². The van der Waals surface area contributed by atoms with E-state index in [-0.39, 0.29) is 11.8 Å². The molecule has 3 rings (SSSR count). The van der Waals surface area contributed by atoms with E-state index in [2.05, 4.69) is 10.5 Å². The number of nitrogens with one attached hydrogen (secondary N) is 1. The number of amides is 1. The van der Waals surface area contributed by atoms with Crippen LogP contribution in [0.1, 0.15) is 10.4 Å². The van der Waals surface area contributed by atoms with Crippen LogP contribution in [0.5, 0.6) is 11.5 Å². The maximum atomic E-state index is 12.5. The van der Waals surface area contributed by atoms with Crippen molar-refractivity contribution < 1.29 is 18.8 Å². The lowest BCUT2D eigenvalue weighted by Crippen LogP contribution is -2.13. The number of rotatable bonds is 5. The van der Waals surface area contributed by atoms with Crippen molar-refractivity contribution in [1.29, 1.82) is 0 Å². The molecule has 0 saturated heterocycles. The summed E-state index contributed by atoms with van der Waals surface area (Å²) < 4.78 is 15.5. The van der Waals surface area contributed by atoms with Gasteiger partial charge in [-0.15, -0.1) is 0 Å². The van der Waals surface area contributed by atoms with Crippen molar-refractivity contribution in [2.75, 3.05) is 19.5 Å². The molecule has 1 aromatic heterocycles. The Morgan fingerprint density at radius 3 is 2.50 bits per heavy atom. The molecule has 1 N–H and O–H groups in total. The number of para-hydroxylation sites is 1. The van der Waals surface area contributed by atoms with Gasteiger partial charge in [-0.2, -0.15) is 0 Å². The lowest BCUT2D eigenvalue weighted by Gasteiger charge is -2.08. The number of anilines is 1. The zero-order valence-corrected chi connectivity index (χ0v) is 13.3. The van der Waals surface area contributed by atoms with Crippen molar-refractivity contribution in [3.05, 3.63) is 60.3 Å². The maximum absolute atomic E-state index is 12.5. The summed E-state index contributed by atoms with van der Waals surface area (Å²) in [4.78, 5) is 12.5. The number of ether oxygens (including phenoxy) is 2. The Morgan fingerprint density at radius 1 is 1.04 bits per heavy atom. The van der Waals surface area contributed by atoms with Crippen LogP contribution in [-0.2, 0) is 0 Å². The van der Waals surface area contributed by atoms with Gasteiger partial charge in [-0.3, -0.25) is 10.1 Å². The minimum Gasteiger partial charge on any atom is -0.497 e. The Kier molecular flexibility index (Phi) is 4.47. The Balaban J connectivity index is 1.86. The lowest BCUT2D eigenvalue weighted by atomic mass is 10.1. The first-order valence-corrected chi connectivity index (χ1v) is 7.26. The SMILES string of the molecule is COc1ccc(-c2cnoc2NC(=O)c2ccccc2OC)cc1. The predicted octanol–water partition coefficient (Wildman–Crippen LogP) is 3.61. The molecule has 0 spiro atoms. The number of aromatic nitrogens is 1. The predicted molar refractivity (Wildman–Crippen MR) is 89.4 cm³/mol. The van der Waals surface area contributed by atoms with E-state index in [4.69, 9.17) is 14.0 Å². The molecule has 0 aliphatic heterocycles. The van der Waals surface area contributed by atoms with Crippen LogP contribution in [0.4, 0.5) is 5.88 Å². The van der Waals surface area contributed by atoms with E-state index in [0.717, 1.165) is 11.3 Å². The van der Waals surface area contributed by atoms with Crippen molar-refractivity contribution in [1.82, 2.24) is 5.16 Å². The summed E-state index contributed by atoms with van der Waals surface area (Å²) in [6.45, 7) is 0. The Bertz CT molecular complexity index is 840. The first-order chi connectivity index (χ1) is 11.7. The van der Waals surface area contributed by atoms with Crippen LogP contribution in [0, 0.1) is 0 Å². The van der Waals surface area contributed by atoms with Gasteiger partial charge in [0.05, 0.1) is 31.5 Å². The Hall–Kier alpha value is -3.28. The molecule has 0 aliphatic rings. The van der Waals surface area contributed by atoms with Crippen molar-refractivity contribution in [2.24, 2.45) is 0 Å². The molecule has 0 radical (unpaired) electrons. The van der Waals surface area contributed by atoms with Crippen LogP contribution in [0.25, 0.3) is 11.1 Å². The average Bonchev–Trinajstić information content (AvgIpc) is 3.09. The van der Waals surface area contributed by atoms with E-state index < -0.39 is 0 Å². The van der Waals surface area contributed by atoms with E-state index in [9.17, 15) is 4.79 Å². The second-order valence-corrected chi connectivity index (χ2v) is 4.95. The number of hydrogen-bond donors (Lipinski definition) is 1. The number of carbonyl (C=O) groups is 1. The molecule has 122 valence electrons. The van der Waals surface area contributed by atoms with Crippen molar-refractivity contribution in [2.45, 2.75) is 0 Å². The summed E-state index contributed by atoms with van der Waals surface area (Å²) >= 11 is 0. The highest BCUT2D eigenvalue weighted by molar-refractivity contribution is 6.06. The molecule has 0 saturated carbocycles. The maximum Gasteiger partial charge on any atom is 0.261 e. The summed E-state index contributed by atoms with van der Waals surface area (Å²) in [6.07, 6.45) is 1.56. The minimum absolute atomic E-state index is 0.274. The summed E-state index contributed by atoms with van der Waals surface area (Å²) in [5.41, 5.74) is 1.95. The van der Waals surface area contributed by atoms with Gasteiger partial charge in [0.25, 0.3) is 5.91 Å². The number of methoxy groups -OCH3 is 2. The molecule has 1 heterocycles. The molecular formula is C18H16N2O4. The summed E-state index contributed by atoms with van der Waals surface area (Å²) in [5, 5.41) is 6.51. The fourth-order valence-corrected chi connectivity index (χ4v) is 2.31. The fourth-order valence-electron chi connectivity index (χ4n) is 2.31. The zero-order valence-electron chi connectivity index (χ0n) is 13.3. The molecule has 3 aromatic rings. The highest BCUT2D eigenvalue weighted by Crippen LogP contribution is 2.30. The molecule has 0 atom stereocenters. The van der Waals surface area contributed by atoms with E-state index in [1.807, 2.05) is 24.3 Å². The smallest absolute Gasteiger partial charge is 0.261 e. The number of hydrogen-bond acceptors (Lipinski definition) is 5. The number of carbonyl (C=O) groups excluding carboxylic acids is 1. The monoisotopic (exact) mass is 324 g/mol. The van der Waals surface area contributed by atoms with Crippen LogP contribution in [0.2, 0.25) is 0 Å². The number of nitrogens with zero attached hydrogens (tertiary/aromatic N) is 1. The van der Waals surface area contributed by atoms with Gasteiger partial charge < -0.3 is 14.0 Å². The second-order valence-electron chi connectivity index (χ2n) is 4.95. The van der Waals surface area contributed by atoms with Crippen LogP contribution >= 0.6 is 0 Å². The Morgan fingerprint density at radius 2 is 1.79 bits per heavy atom. The summed E-state index contributed by atoms with van der Waals surface area (Å²) in [6, 6.07) is 14.4. The molecule has 1 amide bonds. The lowest BCUT2D eigenvalue weighted by molar-refractivity contribution is 0.102. The van der Waals surface area contributed by atoms with E-state index in [1.165, 1.54) is 7.11 Å². The van der Waals surface area contributed by atoms with Gasteiger partial charge in [0.1, 0.15) is 11.5 Å². The molecule has 2 aromatic carbocycles. The molecule has 6 nitrogen and oxygen atoms in total. The summed E-state index contributed by atoms with van der Waals surface area (Å²) in [5.74, 6) is 1.17. The molecule has 0 bridgehead atoms. The molecule has 0 fully saturated rings. The molecule has 6 heteroatoms. The van der Waals surface area contributed by atoms with E-state index in [1.54, 1.807) is 37.6 Å². The minimum atomic E-state index is -0.334. The third-order valence-corrected chi connectivity index (χ3v) is 3.55. The first kappa shape index (κ1) is 15.6. The van der Waals surface area contributed by atoms with Crippen molar-refractivity contribution in [3.63, 3.8) is 0 Å². The topological polar surface area (TPSA) is 73.6 Å². The fraction of sp³-hybridized carbons (Fsp3) is 0.111. The van der Waals surface area contributed by atoms with Gasteiger partial charge in [0.15, 0.2) is 0 Å². The Labute approximate surface area is 139 Å². The van der Waals surface area contributed by atoms with Crippen molar-refractivity contribution in [3.8, 4) is 22.6 Å². The third kappa shape index (κ3) is 3.08. The number of benzene rings is 2. The molecular weight excluding hydrogens is 308 g/mol. The highest BCUT2D eigenvalue weighted by Gasteiger charge is 2.17. The van der Waals surface area contributed by atoms with E-state index in [0.29, 0.717) is 16.9 Å². The quantitative estimate of drug-likeness (QED) is 0.776. The van der Waals surface area contributed by atoms with Gasteiger partial charge in [0, 0.05) is 0 Å². The van der Waals surface area contributed by atoms with Gasteiger partial charge in [0.2, 0.25) is 5.88 Å². The molecule has 0 aliphatic carbocycles. The highest BCUT2D eigenvalue weighted by atomic mass is 16.5. The van der Waals surface area contributed by atoms with Crippen LogP contribution < -0.4 is 14.8 Å². The first-order valence-electron chi connectivity index (χ1n) is 7.26. The van der Waals surface area contributed by atoms with Gasteiger partial charge in [-0.05, 0) is 29.8 Å². The van der Waals surface area contributed by atoms with E-state index >= 15 is 0 Å². The normalized spacial score (nSPS) is 10.2. The zero-order chi connectivity index (χ0) is 16.9. The second kappa shape index (κ2) is 6.87. The summed E-state index contributed by atoms with van der Waals surface area (Å²) in [7, 11) is 3.12. The molecule has 0 unspecified atom stereocenters. The van der Waals surface area contributed by atoms with Crippen molar-refractivity contribution >= 4 is 11.8 Å². The van der Waals surface area contributed by atoms with Crippen LogP contribution in [-0.4, -0.2) is 25.3 Å². The van der Waals surface area contributed by atoms with Crippen LogP contribution in [0.15, 0.2) is 59.3 Å². The van der Waals surface area contributed by atoms with Gasteiger partial charge >= 0.3 is 0 Å². The largest absolute Gasteiger partial charge is 0.497 e. The molecule has 24 heavy (non-hydrogen) atoms. The third-order valence-electron chi connectivity index (χ3n) is 3.55. The van der Waals surface area contributed by atoms with Gasteiger partial charge in [-0.1, -0.05) is 29.4 Å².